The topological polar surface area (TPSA) is 102 Å². The molecule has 0 aromatic heterocycles. The molecule has 3 aliphatic rings. The second-order valence-corrected chi connectivity index (χ2v) is 9.48. The molecule has 1 heterocycles. The van der Waals surface area contributed by atoms with Crippen molar-refractivity contribution >= 4 is 41.5 Å². The third kappa shape index (κ3) is 4.41. The fourth-order valence-electron chi connectivity index (χ4n) is 5.27. The lowest BCUT2D eigenvalue weighted by molar-refractivity contribution is -0.132. The highest BCUT2D eigenvalue weighted by atomic mass is 35.5. The molecule has 5 rings (SSSR count). The number of hydrogen-bond donors (Lipinski definition) is 1. The highest BCUT2D eigenvalue weighted by Gasteiger charge is 2.49. The van der Waals surface area contributed by atoms with Gasteiger partial charge in [-0.15, -0.1) is 0 Å². The Hall–Kier alpha value is -3.65. The molecule has 0 spiro atoms. The molecule has 0 radical (unpaired) electrons. The zero-order valence-corrected chi connectivity index (χ0v) is 19.7. The van der Waals surface area contributed by atoms with Crippen LogP contribution in [0.2, 0.25) is 5.02 Å². The van der Waals surface area contributed by atoms with Gasteiger partial charge in [-0.1, -0.05) is 24.1 Å². The van der Waals surface area contributed by atoms with Crippen LogP contribution in [0, 0.1) is 11.8 Å². The Morgan fingerprint density at radius 1 is 1.06 bits per heavy atom. The largest absolute Gasteiger partial charge is 0.493 e. The van der Waals surface area contributed by atoms with E-state index in [4.69, 9.17) is 21.1 Å². The summed E-state index contributed by atoms with van der Waals surface area (Å²) in [5.74, 6) is -0.681. The highest BCUT2D eigenvalue weighted by Crippen LogP contribution is 2.47. The van der Waals surface area contributed by atoms with E-state index in [2.05, 4.69) is 5.32 Å². The van der Waals surface area contributed by atoms with Crippen molar-refractivity contribution in [3.8, 4) is 11.5 Å². The summed E-state index contributed by atoms with van der Waals surface area (Å²) < 4.78 is 10.8. The van der Waals surface area contributed by atoms with Crippen LogP contribution < -0.4 is 14.8 Å². The van der Waals surface area contributed by atoms with Crippen LogP contribution in [0.4, 0.5) is 4.79 Å². The van der Waals surface area contributed by atoms with Gasteiger partial charge in [-0.25, -0.2) is 9.59 Å². The van der Waals surface area contributed by atoms with Crippen molar-refractivity contribution in [2.45, 2.75) is 31.7 Å². The van der Waals surface area contributed by atoms with Crippen LogP contribution in [0.25, 0.3) is 6.08 Å². The third-order valence-electron chi connectivity index (χ3n) is 6.95. The van der Waals surface area contributed by atoms with Crippen LogP contribution in [0.5, 0.6) is 11.5 Å². The second kappa shape index (κ2) is 9.19. The molecule has 1 aliphatic heterocycles. The summed E-state index contributed by atoms with van der Waals surface area (Å²) >= 11 is 5.86. The van der Waals surface area contributed by atoms with Gasteiger partial charge < -0.3 is 9.47 Å². The Balaban J connectivity index is 1.38. The molecule has 3 atom stereocenters. The molecule has 1 N–H and O–H groups in total. The maximum atomic E-state index is 13.2. The van der Waals surface area contributed by atoms with Crippen molar-refractivity contribution in [3.63, 3.8) is 0 Å². The Morgan fingerprint density at radius 2 is 1.83 bits per heavy atom. The highest BCUT2D eigenvalue weighted by molar-refractivity contribution is 6.31. The summed E-state index contributed by atoms with van der Waals surface area (Å²) in [6.07, 6.45) is 5.33. The van der Waals surface area contributed by atoms with E-state index in [9.17, 15) is 19.2 Å². The van der Waals surface area contributed by atoms with Crippen molar-refractivity contribution in [1.29, 1.82) is 0 Å². The number of urea groups is 1. The van der Waals surface area contributed by atoms with Gasteiger partial charge in [0.1, 0.15) is 5.57 Å². The van der Waals surface area contributed by atoms with Crippen molar-refractivity contribution in [2.75, 3.05) is 7.11 Å². The first kappa shape index (κ1) is 23.1. The van der Waals surface area contributed by atoms with Crippen LogP contribution in [0.1, 0.15) is 41.6 Å². The summed E-state index contributed by atoms with van der Waals surface area (Å²) in [4.78, 5) is 52.0. The number of ether oxygens (including phenoxy) is 2. The first-order chi connectivity index (χ1) is 16.8. The Labute approximate surface area is 206 Å². The molecular weight excluding hydrogens is 472 g/mol. The number of nitrogens with one attached hydrogen (secondary N) is 1. The molecule has 3 fully saturated rings. The van der Waals surface area contributed by atoms with Gasteiger partial charge in [0.2, 0.25) is 0 Å². The van der Waals surface area contributed by atoms with E-state index >= 15 is 0 Å². The van der Waals surface area contributed by atoms with E-state index in [1.165, 1.54) is 24.2 Å². The summed E-state index contributed by atoms with van der Waals surface area (Å²) in [6.45, 7) is 0. The van der Waals surface area contributed by atoms with Crippen LogP contribution in [0.3, 0.4) is 0 Å². The molecule has 2 saturated carbocycles. The molecule has 2 aromatic rings. The maximum Gasteiger partial charge on any atom is 0.343 e. The van der Waals surface area contributed by atoms with E-state index in [1.54, 1.807) is 36.4 Å². The number of carbonyl (C=O) groups excluding carboxylic acids is 4. The van der Waals surface area contributed by atoms with Crippen molar-refractivity contribution in [1.82, 2.24) is 10.2 Å². The standard InChI is InChI=1S/C26H23ClN2O6/c1-34-22-13-15(3-9-21(22)35-25(32)16-5-7-18(27)8-6-16)11-19-23(30)28-26(33)29(24(19)31)20-12-14-2-4-17(20)10-14/h3,5-9,11,13-14,17,20H,2,4,10,12H2,1H3,(H,28,30,33)/b19-11+/t14-,17-,20+/m0/s1. The van der Waals surface area contributed by atoms with E-state index in [1.807, 2.05) is 0 Å². The Kier molecular flexibility index (Phi) is 6.06. The number of methoxy groups -OCH3 is 1. The number of halogens is 1. The number of fused-ring (bicyclic) bond motifs is 2. The number of benzene rings is 2. The van der Waals surface area contributed by atoms with Crippen molar-refractivity contribution in [2.24, 2.45) is 11.8 Å². The molecule has 1 saturated heterocycles. The number of esters is 1. The van der Waals surface area contributed by atoms with E-state index in [0.29, 0.717) is 28.0 Å². The maximum absolute atomic E-state index is 13.2. The van der Waals surface area contributed by atoms with E-state index < -0.39 is 23.8 Å². The fourth-order valence-corrected chi connectivity index (χ4v) is 5.40. The summed E-state index contributed by atoms with van der Waals surface area (Å²) in [5.41, 5.74) is 0.673. The van der Waals surface area contributed by atoms with E-state index in [0.717, 1.165) is 25.7 Å². The van der Waals surface area contributed by atoms with Crippen LogP contribution >= 0.6 is 11.6 Å². The molecule has 4 amide bonds. The van der Waals surface area contributed by atoms with Crippen molar-refractivity contribution in [3.05, 3.63) is 64.2 Å². The summed E-state index contributed by atoms with van der Waals surface area (Å²) in [6, 6.07) is 10.1. The summed E-state index contributed by atoms with van der Waals surface area (Å²) in [7, 11) is 1.42. The van der Waals surface area contributed by atoms with Gasteiger partial charge in [0.15, 0.2) is 11.5 Å². The van der Waals surface area contributed by atoms with Crippen molar-refractivity contribution < 1.29 is 28.7 Å². The van der Waals surface area contributed by atoms with Gasteiger partial charge in [-0.05, 0) is 79.1 Å². The molecule has 9 heteroatoms. The molecule has 2 aromatic carbocycles. The van der Waals surface area contributed by atoms with E-state index in [-0.39, 0.29) is 23.1 Å². The Morgan fingerprint density at radius 3 is 2.49 bits per heavy atom. The van der Waals surface area contributed by atoms with Gasteiger partial charge in [-0.3, -0.25) is 19.8 Å². The molecule has 35 heavy (non-hydrogen) atoms. The lowest BCUT2D eigenvalue weighted by Gasteiger charge is -2.35. The Bertz CT molecular complexity index is 1250. The summed E-state index contributed by atoms with van der Waals surface area (Å²) in [5, 5.41) is 2.80. The number of imide groups is 2. The van der Waals surface area contributed by atoms with Gasteiger partial charge >= 0.3 is 12.0 Å². The quantitative estimate of drug-likeness (QED) is 0.289. The number of barbiturate groups is 1. The number of rotatable bonds is 5. The van der Waals surface area contributed by atoms with Gasteiger partial charge in [0.05, 0.1) is 12.7 Å². The SMILES string of the molecule is COc1cc(/C=C2\C(=O)NC(=O)N([C@@H]3C[C@H]4CC[C@H]3C4)C2=O)ccc1OC(=O)c1ccc(Cl)cc1. The smallest absolute Gasteiger partial charge is 0.343 e. The third-order valence-corrected chi connectivity index (χ3v) is 7.20. The number of carbonyl (C=O) groups is 4. The number of hydrogen-bond acceptors (Lipinski definition) is 6. The molecule has 2 aliphatic carbocycles. The normalized spacial score (nSPS) is 24.6. The molecule has 8 nitrogen and oxygen atoms in total. The minimum absolute atomic E-state index is 0.125. The number of nitrogens with zero attached hydrogens (tertiary/aromatic N) is 1. The zero-order valence-electron chi connectivity index (χ0n) is 19.0. The lowest BCUT2D eigenvalue weighted by atomic mass is 9.93. The van der Waals surface area contributed by atoms with Crippen LogP contribution in [0.15, 0.2) is 48.0 Å². The first-order valence-corrected chi connectivity index (χ1v) is 11.8. The second-order valence-electron chi connectivity index (χ2n) is 9.04. The van der Waals surface area contributed by atoms with Crippen LogP contribution in [-0.2, 0) is 9.59 Å². The molecule has 0 unspecified atom stereocenters. The average molecular weight is 495 g/mol. The van der Waals surface area contributed by atoms with Gasteiger partial charge in [0.25, 0.3) is 11.8 Å². The van der Waals surface area contributed by atoms with Gasteiger partial charge in [0, 0.05) is 11.1 Å². The molecule has 2 bridgehead atoms. The molecular formula is C26H23ClN2O6. The number of amides is 4. The monoisotopic (exact) mass is 494 g/mol. The minimum atomic E-state index is -0.739. The zero-order chi connectivity index (χ0) is 24.7. The lowest BCUT2D eigenvalue weighted by Crippen LogP contribution is -2.58. The van der Waals surface area contributed by atoms with Gasteiger partial charge in [-0.2, -0.15) is 0 Å². The van der Waals surface area contributed by atoms with Crippen LogP contribution in [-0.4, -0.2) is 41.9 Å². The molecule has 180 valence electrons. The minimum Gasteiger partial charge on any atom is -0.493 e. The average Bonchev–Trinajstić information content (AvgIpc) is 3.46. The predicted octanol–water partition coefficient (Wildman–Crippen LogP) is 4.22. The fraction of sp³-hybridized carbons (Fsp3) is 0.308. The predicted molar refractivity (Wildman–Crippen MR) is 127 cm³/mol. The first-order valence-electron chi connectivity index (χ1n) is 11.4.